The Morgan fingerprint density at radius 3 is 2.73 bits per heavy atom. The molecule has 1 saturated carbocycles. The highest BCUT2D eigenvalue weighted by molar-refractivity contribution is 5.95. The summed E-state index contributed by atoms with van der Waals surface area (Å²) in [4.78, 5) is 23.5. The van der Waals surface area contributed by atoms with Crippen molar-refractivity contribution in [1.82, 2.24) is 10.6 Å². The summed E-state index contributed by atoms with van der Waals surface area (Å²) in [7, 11) is 1.59. The third-order valence-electron chi connectivity index (χ3n) is 4.63. The zero-order valence-electron chi connectivity index (χ0n) is 15.6. The molecule has 0 aromatic heterocycles. The van der Waals surface area contributed by atoms with Crippen molar-refractivity contribution in [3.05, 3.63) is 23.8 Å². The zero-order valence-corrected chi connectivity index (χ0v) is 15.6. The van der Waals surface area contributed by atoms with E-state index >= 15 is 0 Å². The monoisotopic (exact) mass is 362 g/mol. The van der Waals surface area contributed by atoms with Crippen molar-refractivity contribution >= 4 is 23.4 Å². The van der Waals surface area contributed by atoms with Crippen LogP contribution < -0.4 is 21.7 Å². The standard InChI is InChI=1S/C19H30N4O3/c1-3-4-10-26-19(25)23-15-7-5-6-14(12-15)22-17-9-8-13(11-16(17)20)18(24)21-2/h8-9,11,14-15,22H,3-7,10,12,20H2,1-2H3,(H,21,24)(H,23,25)/t14-,15+/m1/s1. The average Bonchev–Trinajstić information content (AvgIpc) is 2.63. The fourth-order valence-corrected chi connectivity index (χ4v) is 3.17. The normalized spacial score (nSPS) is 19.5. The SMILES string of the molecule is CCCCOC(=O)N[C@H]1CCC[C@@H](Nc2ccc(C(=O)NC)cc2N)C1. The highest BCUT2D eigenvalue weighted by Gasteiger charge is 2.24. The van der Waals surface area contributed by atoms with Crippen LogP contribution in [0.3, 0.4) is 0 Å². The lowest BCUT2D eigenvalue weighted by Crippen LogP contribution is -2.42. The molecule has 0 unspecified atom stereocenters. The predicted molar refractivity (Wildman–Crippen MR) is 103 cm³/mol. The first-order valence-electron chi connectivity index (χ1n) is 9.35. The van der Waals surface area contributed by atoms with Gasteiger partial charge in [0.15, 0.2) is 0 Å². The number of hydrogen-bond donors (Lipinski definition) is 4. The van der Waals surface area contributed by atoms with Crippen LogP contribution in [-0.2, 0) is 4.74 Å². The van der Waals surface area contributed by atoms with Crippen molar-refractivity contribution in [3.8, 4) is 0 Å². The van der Waals surface area contributed by atoms with Gasteiger partial charge < -0.3 is 26.4 Å². The maximum absolute atomic E-state index is 11.8. The smallest absolute Gasteiger partial charge is 0.407 e. The van der Waals surface area contributed by atoms with Crippen molar-refractivity contribution in [3.63, 3.8) is 0 Å². The summed E-state index contributed by atoms with van der Waals surface area (Å²) in [6.45, 7) is 2.52. The number of benzene rings is 1. The molecular formula is C19H30N4O3. The molecule has 26 heavy (non-hydrogen) atoms. The second kappa shape index (κ2) is 9.89. The molecule has 0 saturated heterocycles. The molecule has 2 atom stereocenters. The Morgan fingerprint density at radius 2 is 2.04 bits per heavy atom. The van der Waals surface area contributed by atoms with E-state index in [1.165, 1.54) is 0 Å². The van der Waals surface area contributed by atoms with Crippen LogP contribution in [0.15, 0.2) is 18.2 Å². The highest BCUT2D eigenvalue weighted by atomic mass is 16.5. The Morgan fingerprint density at radius 1 is 1.27 bits per heavy atom. The van der Waals surface area contributed by atoms with E-state index in [4.69, 9.17) is 10.5 Å². The minimum atomic E-state index is -0.335. The molecule has 2 rings (SSSR count). The van der Waals surface area contributed by atoms with Crippen molar-refractivity contribution in [2.24, 2.45) is 0 Å². The van der Waals surface area contributed by atoms with E-state index in [1.54, 1.807) is 19.2 Å². The third-order valence-corrected chi connectivity index (χ3v) is 4.63. The van der Waals surface area contributed by atoms with Gasteiger partial charge in [-0.1, -0.05) is 13.3 Å². The van der Waals surface area contributed by atoms with Gasteiger partial charge in [0.1, 0.15) is 0 Å². The zero-order chi connectivity index (χ0) is 18.9. The average molecular weight is 362 g/mol. The molecule has 0 heterocycles. The van der Waals surface area contributed by atoms with E-state index in [9.17, 15) is 9.59 Å². The number of nitrogens with one attached hydrogen (secondary N) is 3. The minimum absolute atomic E-state index is 0.0988. The van der Waals surface area contributed by atoms with E-state index in [1.807, 2.05) is 6.07 Å². The Bertz CT molecular complexity index is 621. The van der Waals surface area contributed by atoms with Gasteiger partial charge in [0, 0.05) is 24.7 Å². The first-order chi connectivity index (χ1) is 12.5. The lowest BCUT2D eigenvalue weighted by Gasteiger charge is -2.31. The largest absolute Gasteiger partial charge is 0.450 e. The number of carbonyl (C=O) groups is 2. The van der Waals surface area contributed by atoms with Crippen LogP contribution in [0.1, 0.15) is 55.8 Å². The van der Waals surface area contributed by atoms with Gasteiger partial charge in [0.2, 0.25) is 0 Å². The van der Waals surface area contributed by atoms with Gasteiger partial charge in [-0.2, -0.15) is 0 Å². The number of alkyl carbamates (subject to hydrolysis) is 1. The molecule has 0 aliphatic heterocycles. The molecule has 7 heteroatoms. The Balaban J connectivity index is 1.87. The predicted octanol–water partition coefficient (Wildman–Crippen LogP) is 2.88. The molecule has 1 aromatic carbocycles. The van der Waals surface area contributed by atoms with Crippen molar-refractivity contribution in [2.75, 3.05) is 24.7 Å². The summed E-state index contributed by atoms with van der Waals surface area (Å²) >= 11 is 0. The molecule has 144 valence electrons. The van der Waals surface area contributed by atoms with Gasteiger partial charge in [0.25, 0.3) is 5.91 Å². The maximum Gasteiger partial charge on any atom is 0.407 e. The summed E-state index contributed by atoms with van der Waals surface area (Å²) in [5.41, 5.74) is 7.97. The number of rotatable bonds is 7. The van der Waals surface area contributed by atoms with E-state index in [2.05, 4.69) is 22.9 Å². The van der Waals surface area contributed by atoms with E-state index in [0.29, 0.717) is 17.9 Å². The molecule has 0 spiro atoms. The second-order valence-electron chi connectivity index (χ2n) is 6.72. The topological polar surface area (TPSA) is 105 Å². The summed E-state index contributed by atoms with van der Waals surface area (Å²) < 4.78 is 5.18. The Hall–Kier alpha value is -2.44. The van der Waals surface area contributed by atoms with Gasteiger partial charge in [0.05, 0.1) is 18.0 Å². The summed E-state index contributed by atoms with van der Waals surface area (Å²) in [5.74, 6) is -0.160. The van der Waals surface area contributed by atoms with E-state index in [0.717, 1.165) is 44.2 Å². The van der Waals surface area contributed by atoms with Crippen molar-refractivity contribution < 1.29 is 14.3 Å². The van der Waals surface area contributed by atoms with Gasteiger partial charge >= 0.3 is 6.09 Å². The molecule has 7 nitrogen and oxygen atoms in total. The first-order valence-corrected chi connectivity index (χ1v) is 9.35. The number of nitrogens with two attached hydrogens (primary N) is 1. The van der Waals surface area contributed by atoms with Crippen LogP contribution in [0.25, 0.3) is 0 Å². The quantitative estimate of drug-likeness (QED) is 0.441. The number of anilines is 2. The van der Waals surface area contributed by atoms with E-state index < -0.39 is 0 Å². The molecule has 1 aliphatic carbocycles. The first kappa shape index (κ1) is 19.9. The lowest BCUT2D eigenvalue weighted by atomic mass is 9.91. The molecule has 5 N–H and O–H groups in total. The molecule has 0 bridgehead atoms. The second-order valence-corrected chi connectivity index (χ2v) is 6.72. The number of unbranched alkanes of at least 4 members (excludes halogenated alkanes) is 1. The van der Waals surface area contributed by atoms with Gasteiger partial charge in [-0.25, -0.2) is 4.79 Å². The van der Waals surface area contributed by atoms with Crippen molar-refractivity contribution in [1.29, 1.82) is 0 Å². The van der Waals surface area contributed by atoms with Crippen LogP contribution in [0.4, 0.5) is 16.2 Å². The van der Waals surface area contributed by atoms with Crippen LogP contribution in [-0.4, -0.2) is 37.7 Å². The van der Waals surface area contributed by atoms with Gasteiger partial charge in [-0.15, -0.1) is 0 Å². The number of carbonyl (C=O) groups excluding carboxylic acids is 2. The van der Waals surface area contributed by atoms with Crippen LogP contribution >= 0.6 is 0 Å². The molecule has 0 radical (unpaired) electrons. The van der Waals surface area contributed by atoms with E-state index in [-0.39, 0.29) is 24.1 Å². The summed E-state index contributed by atoms with van der Waals surface area (Å²) in [6.07, 6.45) is 5.36. The summed E-state index contributed by atoms with van der Waals surface area (Å²) in [6, 6.07) is 5.57. The summed E-state index contributed by atoms with van der Waals surface area (Å²) in [5, 5.41) is 8.98. The van der Waals surface area contributed by atoms with Gasteiger partial charge in [-0.3, -0.25) is 4.79 Å². The Labute approximate surface area is 155 Å². The van der Waals surface area contributed by atoms with Crippen LogP contribution in [0.2, 0.25) is 0 Å². The van der Waals surface area contributed by atoms with Crippen LogP contribution in [0, 0.1) is 0 Å². The number of hydrogen-bond acceptors (Lipinski definition) is 5. The maximum atomic E-state index is 11.8. The number of nitrogen functional groups attached to an aromatic ring is 1. The molecule has 1 fully saturated rings. The number of ether oxygens (including phenoxy) is 1. The van der Waals surface area contributed by atoms with Crippen molar-refractivity contribution in [2.45, 2.75) is 57.5 Å². The fraction of sp³-hybridized carbons (Fsp3) is 0.579. The molecular weight excluding hydrogens is 332 g/mol. The molecule has 1 aromatic rings. The third kappa shape index (κ3) is 5.82. The highest BCUT2D eigenvalue weighted by Crippen LogP contribution is 2.26. The molecule has 2 amide bonds. The Kier molecular flexibility index (Phi) is 7.56. The fourth-order valence-electron chi connectivity index (χ4n) is 3.17. The lowest BCUT2D eigenvalue weighted by molar-refractivity contribution is 0.0963. The molecule has 1 aliphatic rings. The minimum Gasteiger partial charge on any atom is -0.450 e. The van der Waals surface area contributed by atoms with Gasteiger partial charge in [-0.05, 0) is 50.3 Å². The number of amides is 2. The van der Waals surface area contributed by atoms with Crippen LogP contribution in [0.5, 0.6) is 0 Å².